The Balaban J connectivity index is 1.50. The van der Waals surface area contributed by atoms with Crippen LogP contribution in [-0.2, 0) is 0 Å². The number of fused-ring (bicyclic) bond motifs is 11. The molecule has 3 aromatic heterocycles. The molecule has 0 saturated heterocycles. The lowest BCUT2D eigenvalue weighted by atomic mass is 10.0. The molecule has 10 rings (SSSR count). The molecule has 2 aliphatic rings. The van der Waals surface area contributed by atoms with Crippen molar-refractivity contribution >= 4 is 76.8 Å². The van der Waals surface area contributed by atoms with E-state index in [-0.39, 0.29) is 0 Å². The molecule has 5 aromatic carbocycles. The van der Waals surface area contributed by atoms with Gasteiger partial charge in [0.25, 0.3) is 0 Å². The molecule has 3 heterocycles. The highest BCUT2D eigenvalue weighted by Gasteiger charge is 2.26. The molecular weight excluding hydrogens is 597 g/mol. The van der Waals surface area contributed by atoms with Crippen molar-refractivity contribution in [2.75, 3.05) is 0 Å². The molecule has 0 radical (unpaired) electrons. The lowest BCUT2D eigenvalue weighted by Crippen LogP contribution is -2.01. The van der Waals surface area contributed by atoms with Crippen molar-refractivity contribution in [3.05, 3.63) is 150 Å². The summed E-state index contributed by atoms with van der Waals surface area (Å²) in [4.78, 5) is 0. The van der Waals surface area contributed by atoms with Gasteiger partial charge in [-0.3, -0.25) is 0 Å². The number of nitriles is 1. The van der Waals surface area contributed by atoms with Crippen LogP contribution in [0.15, 0.2) is 150 Å². The van der Waals surface area contributed by atoms with Crippen LogP contribution >= 0.6 is 0 Å². The lowest BCUT2D eigenvalue weighted by molar-refractivity contribution is 0.956. The fourth-order valence-corrected chi connectivity index (χ4v) is 8.00. The molecule has 0 spiro atoms. The van der Waals surface area contributed by atoms with Gasteiger partial charge in [-0.2, -0.15) is 5.26 Å². The van der Waals surface area contributed by atoms with Crippen molar-refractivity contribution in [2.24, 2.45) is 0 Å². The number of hydrogen-bond donors (Lipinski definition) is 0. The fraction of sp³-hybridized carbons (Fsp3) is 0.0444. The number of hydrogen-bond acceptors (Lipinski definition) is 1. The van der Waals surface area contributed by atoms with Gasteiger partial charge >= 0.3 is 0 Å². The second-order valence-electron chi connectivity index (χ2n) is 12.6. The van der Waals surface area contributed by atoms with Crippen LogP contribution in [0.4, 0.5) is 0 Å². The first-order valence-corrected chi connectivity index (χ1v) is 16.4. The molecule has 0 saturated carbocycles. The van der Waals surface area contributed by atoms with Crippen LogP contribution in [0.25, 0.3) is 82.5 Å². The molecule has 0 amide bonds. The maximum absolute atomic E-state index is 9.56. The topological polar surface area (TPSA) is 38.6 Å². The molecular formula is C45H26N4. The van der Waals surface area contributed by atoms with E-state index in [4.69, 9.17) is 6.42 Å². The van der Waals surface area contributed by atoms with Crippen molar-refractivity contribution in [2.45, 2.75) is 12.8 Å². The van der Waals surface area contributed by atoms with Crippen molar-refractivity contribution in [1.82, 2.24) is 13.7 Å². The molecule has 0 N–H and O–H groups in total. The molecule has 4 heteroatoms. The Morgan fingerprint density at radius 3 is 1.80 bits per heavy atom. The third-order valence-corrected chi connectivity index (χ3v) is 10.1. The summed E-state index contributed by atoms with van der Waals surface area (Å²) in [7, 11) is 0. The predicted molar refractivity (Wildman–Crippen MR) is 202 cm³/mol. The van der Waals surface area contributed by atoms with Gasteiger partial charge < -0.3 is 13.7 Å². The molecule has 8 aromatic rings. The Labute approximate surface area is 282 Å². The zero-order valence-corrected chi connectivity index (χ0v) is 26.4. The maximum atomic E-state index is 9.56. The van der Waals surface area contributed by atoms with Gasteiger partial charge in [0.2, 0.25) is 0 Å². The molecule has 0 bridgehead atoms. The monoisotopic (exact) mass is 622 g/mol. The van der Waals surface area contributed by atoms with Crippen LogP contribution in [0, 0.1) is 23.7 Å². The zero-order valence-electron chi connectivity index (χ0n) is 26.4. The standard InChI is InChI=1S/C45H26N4/c1-2-29-16-20-32(21-17-29)48-38-14-8-6-12-34(38)36-24-26-40-42(44(36)48)43-41(47(40)31-10-4-3-5-11-31)27-25-37-35-13-7-9-15-39(35)49(45(37)43)33-22-18-30(28-46)19-23-33/h1,3-16,18,20,22,24-27H,17,21H2. The summed E-state index contributed by atoms with van der Waals surface area (Å²) >= 11 is 0. The van der Waals surface area contributed by atoms with Crippen molar-refractivity contribution in [3.8, 4) is 24.1 Å². The van der Waals surface area contributed by atoms with Gasteiger partial charge in [0.1, 0.15) is 11.6 Å². The van der Waals surface area contributed by atoms with E-state index in [1.165, 1.54) is 32.9 Å². The first-order valence-electron chi connectivity index (χ1n) is 16.4. The quantitative estimate of drug-likeness (QED) is 0.143. The summed E-state index contributed by atoms with van der Waals surface area (Å²) in [6.45, 7) is 0. The summed E-state index contributed by atoms with van der Waals surface area (Å²) in [6.07, 6.45) is 15.6. The summed E-state index contributed by atoms with van der Waals surface area (Å²) < 4.78 is 7.17. The van der Waals surface area contributed by atoms with Gasteiger partial charge in [-0.25, -0.2) is 0 Å². The average molecular weight is 623 g/mol. The SMILES string of the molecule is C#CC1=CC=C(n2c3ccccc3c3ccc4c(c5c6c(ccc5n4-c4ccccc4)c4ccccc4n6C4=C=C=C(C#N)C=C4)c32)CC1. The first kappa shape index (κ1) is 27.2. The minimum absolute atomic E-state index is 0.462. The molecule has 2 aliphatic carbocycles. The fourth-order valence-electron chi connectivity index (χ4n) is 8.00. The van der Waals surface area contributed by atoms with Crippen molar-refractivity contribution < 1.29 is 0 Å². The molecule has 49 heavy (non-hydrogen) atoms. The number of aromatic nitrogens is 3. The van der Waals surface area contributed by atoms with Crippen molar-refractivity contribution in [1.29, 1.82) is 5.26 Å². The number of terminal acetylenes is 1. The van der Waals surface area contributed by atoms with Crippen LogP contribution < -0.4 is 0 Å². The van der Waals surface area contributed by atoms with E-state index in [1.807, 2.05) is 12.2 Å². The normalized spacial score (nSPS) is 14.4. The summed E-state index contributed by atoms with van der Waals surface area (Å²) in [5, 5.41) is 16.7. The lowest BCUT2D eigenvalue weighted by Gasteiger charge is -2.16. The number of allylic oxidation sites excluding steroid dienone is 8. The number of benzene rings is 5. The second kappa shape index (κ2) is 10.3. The van der Waals surface area contributed by atoms with Crippen LogP contribution in [0.1, 0.15) is 12.8 Å². The first-order chi connectivity index (χ1) is 24.2. The van der Waals surface area contributed by atoms with Crippen LogP contribution in [-0.4, -0.2) is 13.7 Å². The zero-order chi connectivity index (χ0) is 32.6. The van der Waals surface area contributed by atoms with Gasteiger partial charge in [0.15, 0.2) is 0 Å². The van der Waals surface area contributed by atoms with E-state index in [9.17, 15) is 5.26 Å². The highest BCUT2D eigenvalue weighted by Crippen LogP contribution is 2.47. The molecule has 4 nitrogen and oxygen atoms in total. The Morgan fingerprint density at radius 1 is 0.571 bits per heavy atom. The third-order valence-electron chi connectivity index (χ3n) is 10.1. The molecule has 0 fully saturated rings. The number of nitrogens with zero attached hydrogens (tertiary/aromatic N) is 4. The van der Waals surface area contributed by atoms with E-state index in [0.717, 1.165) is 68.0 Å². The van der Waals surface area contributed by atoms with Crippen LogP contribution in [0.2, 0.25) is 0 Å². The number of rotatable bonds is 3. The Kier molecular flexibility index (Phi) is 5.71. The molecule has 0 aliphatic heterocycles. The highest BCUT2D eigenvalue weighted by molar-refractivity contribution is 6.33. The van der Waals surface area contributed by atoms with Gasteiger partial charge in [-0.15, -0.1) is 6.42 Å². The summed E-state index contributed by atoms with van der Waals surface area (Å²) in [5.74, 6) is 2.86. The predicted octanol–water partition coefficient (Wildman–Crippen LogP) is 10.8. The van der Waals surface area contributed by atoms with Gasteiger partial charge in [-0.1, -0.05) is 72.7 Å². The molecule has 0 unspecified atom stereocenters. The van der Waals surface area contributed by atoms with Gasteiger partial charge in [0, 0.05) is 49.3 Å². The summed E-state index contributed by atoms with van der Waals surface area (Å²) in [5.41, 5.74) is 17.9. The van der Waals surface area contributed by atoms with Gasteiger partial charge in [0.05, 0.1) is 38.8 Å². The van der Waals surface area contributed by atoms with E-state index in [1.54, 1.807) is 0 Å². The molecule has 0 atom stereocenters. The third kappa shape index (κ3) is 3.76. The Morgan fingerprint density at radius 2 is 1.20 bits per heavy atom. The maximum Gasteiger partial charge on any atom is 0.108 e. The van der Waals surface area contributed by atoms with Crippen LogP contribution in [0.3, 0.4) is 0 Å². The molecule has 226 valence electrons. The Bertz CT molecular complexity index is 3070. The largest absolute Gasteiger partial charge is 0.312 e. The van der Waals surface area contributed by atoms with E-state index < -0.39 is 0 Å². The highest BCUT2D eigenvalue weighted by atomic mass is 15.0. The number of para-hydroxylation sites is 3. The summed E-state index contributed by atoms with van der Waals surface area (Å²) in [6, 6.07) is 39.2. The van der Waals surface area contributed by atoms with E-state index in [0.29, 0.717) is 5.57 Å². The van der Waals surface area contributed by atoms with Crippen molar-refractivity contribution in [3.63, 3.8) is 0 Å². The Hall–Kier alpha value is -6.93. The minimum atomic E-state index is 0.462. The van der Waals surface area contributed by atoms with E-state index in [2.05, 4.69) is 152 Å². The van der Waals surface area contributed by atoms with Crippen LogP contribution in [0.5, 0.6) is 0 Å². The average Bonchev–Trinajstić information content (AvgIpc) is 3.81. The smallest absolute Gasteiger partial charge is 0.108 e. The second-order valence-corrected chi connectivity index (χ2v) is 12.6. The van der Waals surface area contributed by atoms with E-state index >= 15 is 0 Å². The van der Waals surface area contributed by atoms with Gasteiger partial charge in [-0.05, 0) is 85.0 Å². The minimum Gasteiger partial charge on any atom is -0.312 e.